The minimum absolute atomic E-state index is 0.400. The highest BCUT2D eigenvalue weighted by atomic mass is 16.5. The molecule has 3 aliphatic rings. The average molecular weight is 380 g/mol. The van der Waals surface area contributed by atoms with Crippen LogP contribution in [0.15, 0.2) is 24.4 Å². The Labute approximate surface area is 166 Å². The van der Waals surface area contributed by atoms with Gasteiger partial charge in [0.15, 0.2) is 0 Å². The zero-order chi connectivity index (χ0) is 19.1. The Hall–Kier alpha value is -2.34. The maximum atomic E-state index is 5.61. The summed E-state index contributed by atoms with van der Waals surface area (Å²) in [6, 6.07) is 6.99. The second kappa shape index (κ2) is 7.24. The van der Waals surface area contributed by atoms with E-state index >= 15 is 0 Å². The first-order valence-corrected chi connectivity index (χ1v) is 10.3. The van der Waals surface area contributed by atoms with Crippen molar-refractivity contribution in [2.24, 2.45) is 0 Å². The molecule has 6 nitrogen and oxygen atoms in total. The fourth-order valence-electron chi connectivity index (χ4n) is 5.08. The molecular weight excluding hydrogens is 352 g/mol. The van der Waals surface area contributed by atoms with E-state index in [1.807, 2.05) is 12.1 Å². The Morgan fingerprint density at radius 1 is 1.11 bits per heavy atom. The van der Waals surface area contributed by atoms with Gasteiger partial charge in [-0.05, 0) is 43.9 Å². The van der Waals surface area contributed by atoms with Crippen molar-refractivity contribution in [3.8, 4) is 11.5 Å². The van der Waals surface area contributed by atoms with Crippen LogP contribution >= 0.6 is 0 Å². The Bertz CT molecular complexity index is 866. The molecule has 1 aromatic carbocycles. The molecule has 2 aromatic rings. The Balaban J connectivity index is 1.42. The Kier molecular flexibility index (Phi) is 4.59. The van der Waals surface area contributed by atoms with E-state index in [2.05, 4.69) is 22.1 Å². The molecular formula is C22H28N4O2. The van der Waals surface area contributed by atoms with Gasteiger partial charge in [0.05, 0.1) is 19.9 Å². The van der Waals surface area contributed by atoms with Crippen LogP contribution in [0.2, 0.25) is 0 Å². The highest BCUT2D eigenvalue weighted by Gasteiger charge is 2.41. The molecule has 0 aliphatic carbocycles. The molecule has 28 heavy (non-hydrogen) atoms. The van der Waals surface area contributed by atoms with Gasteiger partial charge >= 0.3 is 0 Å². The number of methoxy groups -OCH3 is 2. The molecule has 2 saturated heterocycles. The standard InChI is InChI=1S/C22H28N4O2/c1-27-17-6-8-21(28-2)15(11-17)14-26-16-5-7-20(26)18-13-23-22(24-19(18)12-16)25-9-3-4-10-25/h6,8,11,13,16,20H,3-5,7,9-10,12,14H2,1-2H3/t16-,20-/m0/s1. The van der Waals surface area contributed by atoms with Crippen molar-refractivity contribution in [2.45, 2.75) is 50.7 Å². The lowest BCUT2D eigenvalue weighted by Crippen LogP contribution is -2.38. The molecule has 2 atom stereocenters. The molecule has 4 heterocycles. The topological polar surface area (TPSA) is 50.7 Å². The van der Waals surface area contributed by atoms with Crippen molar-refractivity contribution >= 4 is 5.95 Å². The number of benzene rings is 1. The largest absolute Gasteiger partial charge is 0.497 e. The van der Waals surface area contributed by atoms with Crippen molar-refractivity contribution in [3.05, 3.63) is 41.2 Å². The van der Waals surface area contributed by atoms with Gasteiger partial charge in [-0.25, -0.2) is 9.97 Å². The number of rotatable bonds is 5. The maximum Gasteiger partial charge on any atom is 0.225 e. The van der Waals surface area contributed by atoms with Crippen molar-refractivity contribution in [3.63, 3.8) is 0 Å². The molecule has 6 heteroatoms. The van der Waals surface area contributed by atoms with Gasteiger partial charge < -0.3 is 14.4 Å². The second-order valence-electron chi connectivity index (χ2n) is 8.07. The fourth-order valence-corrected chi connectivity index (χ4v) is 5.08. The number of anilines is 1. The van der Waals surface area contributed by atoms with Crippen LogP contribution in [-0.4, -0.2) is 48.2 Å². The number of ether oxygens (including phenoxy) is 2. The number of hydrogen-bond donors (Lipinski definition) is 0. The van der Waals surface area contributed by atoms with Crippen molar-refractivity contribution in [1.29, 1.82) is 0 Å². The van der Waals surface area contributed by atoms with Gasteiger partial charge in [-0.3, -0.25) is 4.90 Å². The average Bonchev–Trinajstić information content (AvgIpc) is 3.35. The first-order chi connectivity index (χ1) is 13.8. The second-order valence-corrected chi connectivity index (χ2v) is 8.07. The van der Waals surface area contributed by atoms with Crippen LogP contribution in [0.25, 0.3) is 0 Å². The van der Waals surface area contributed by atoms with E-state index < -0.39 is 0 Å². The molecule has 5 rings (SSSR count). The molecule has 2 bridgehead atoms. The summed E-state index contributed by atoms with van der Waals surface area (Å²) in [6.45, 7) is 3.05. The van der Waals surface area contributed by atoms with Gasteiger partial charge in [0.2, 0.25) is 5.95 Å². The van der Waals surface area contributed by atoms with Crippen molar-refractivity contribution in [1.82, 2.24) is 14.9 Å². The first-order valence-electron chi connectivity index (χ1n) is 10.3. The SMILES string of the molecule is COc1ccc(OC)c(CN2[C@H]3CC[C@H]2c2cnc(N4CCCC4)nc2C3)c1. The lowest BCUT2D eigenvalue weighted by Gasteiger charge is -2.36. The smallest absolute Gasteiger partial charge is 0.225 e. The predicted octanol–water partition coefficient (Wildman–Crippen LogP) is 3.36. The zero-order valence-corrected chi connectivity index (χ0v) is 16.7. The van der Waals surface area contributed by atoms with E-state index in [9.17, 15) is 0 Å². The van der Waals surface area contributed by atoms with Crippen LogP contribution < -0.4 is 14.4 Å². The first kappa shape index (κ1) is 17.7. The van der Waals surface area contributed by atoms with Crippen LogP contribution in [0.4, 0.5) is 5.95 Å². The lowest BCUT2D eigenvalue weighted by molar-refractivity contribution is 0.164. The number of aromatic nitrogens is 2. The third kappa shape index (κ3) is 3.00. The van der Waals surface area contributed by atoms with Crippen LogP contribution in [-0.2, 0) is 13.0 Å². The molecule has 1 aromatic heterocycles. The number of hydrogen-bond acceptors (Lipinski definition) is 6. The van der Waals surface area contributed by atoms with Gasteiger partial charge in [0, 0.05) is 55.5 Å². The van der Waals surface area contributed by atoms with Gasteiger partial charge in [0.25, 0.3) is 0 Å². The zero-order valence-electron chi connectivity index (χ0n) is 16.7. The van der Waals surface area contributed by atoms with Crippen LogP contribution in [0.1, 0.15) is 48.5 Å². The van der Waals surface area contributed by atoms with Gasteiger partial charge in [-0.2, -0.15) is 0 Å². The third-order valence-corrected chi connectivity index (χ3v) is 6.55. The molecule has 0 radical (unpaired) electrons. The highest BCUT2D eigenvalue weighted by molar-refractivity contribution is 5.42. The van der Waals surface area contributed by atoms with Gasteiger partial charge in [-0.15, -0.1) is 0 Å². The minimum Gasteiger partial charge on any atom is -0.497 e. The van der Waals surface area contributed by atoms with E-state index in [0.29, 0.717) is 12.1 Å². The predicted molar refractivity (Wildman–Crippen MR) is 108 cm³/mol. The summed E-state index contributed by atoms with van der Waals surface area (Å²) in [7, 11) is 3.45. The maximum absolute atomic E-state index is 5.61. The molecule has 148 valence electrons. The summed E-state index contributed by atoms with van der Waals surface area (Å²) in [5, 5.41) is 0. The summed E-state index contributed by atoms with van der Waals surface area (Å²) in [6.07, 6.45) is 8.01. The van der Waals surface area contributed by atoms with Crippen LogP contribution in [0.3, 0.4) is 0 Å². The molecule has 0 saturated carbocycles. The van der Waals surface area contributed by atoms with Gasteiger partial charge in [0.1, 0.15) is 11.5 Å². The molecule has 3 aliphatic heterocycles. The molecule has 0 unspecified atom stereocenters. The molecule has 0 N–H and O–H groups in total. The van der Waals surface area contributed by atoms with Crippen LogP contribution in [0, 0.1) is 0 Å². The number of nitrogens with zero attached hydrogens (tertiary/aromatic N) is 4. The summed E-state index contributed by atoms with van der Waals surface area (Å²) < 4.78 is 11.0. The lowest BCUT2D eigenvalue weighted by atomic mass is 9.98. The Morgan fingerprint density at radius 3 is 2.75 bits per heavy atom. The van der Waals surface area contributed by atoms with E-state index in [1.165, 1.54) is 42.5 Å². The third-order valence-electron chi connectivity index (χ3n) is 6.55. The van der Waals surface area contributed by atoms with Crippen LogP contribution in [0.5, 0.6) is 11.5 Å². The summed E-state index contributed by atoms with van der Waals surface area (Å²) >= 11 is 0. The quantitative estimate of drug-likeness (QED) is 0.793. The normalized spacial score (nSPS) is 23.7. The molecule has 2 fully saturated rings. The monoisotopic (exact) mass is 380 g/mol. The van der Waals surface area contributed by atoms with E-state index in [-0.39, 0.29) is 0 Å². The highest BCUT2D eigenvalue weighted by Crippen LogP contribution is 2.44. The molecule has 0 spiro atoms. The van der Waals surface area contributed by atoms with E-state index in [4.69, 9.17) is 19.4 Å². The molecule has 0 amide bonds. The fraction of sp³-hybridized carbons (Fsp3) is 0.545. The summed E-state index contributed by atoms with van der Waals surface area (Å²) in [5.74, 6) is 2.73. The van der Waals surface area contributed by atoms with Gasteiger partial charge in [-0.1, -0.05) is 0 Å². The Morgan fingerprint density at radius 2 is 1.96 bits per heavy atom. The summed E-state index contributed by atoms with van der Waals surface area (Å²) in [4.78, 5) is 14.7. The van der Waals surface area contributed by atoms with E-state index in [1.54, 1.807) is 14.2 Å². The van der Waals surface area contributed by atoms with Crippen molar-refractivity contribution in [2.75, 3.05) is 32.2 Å². The van der Waals surface area contributed by atoms with Crippen molar-refractivity contribution < 1.29 is 9.47 Å². The number of fused-ring (bicyclic) bond motifs is 4. The summed E-state index contributed by atoms with van der Waals surface area (Å²) in [5.41, 5.74) is 3.76. The van der Waals surface area contributed by atoms with E-state index in [0.717, 1.165) is 43.5 Å². The minimum atomic E-state index is 0.400.